The maximum absolute atomic E-state index is 14.5. The van der Waals surface area contributed by atoms with Gasteiger partial charge in [0.15, 0.2) is 10.0 Å². The Bertz CT molecular complexity index is 2050. The number of nitrogens with zero attached hydrogens (tertiary/aromatic N) is 3. The lowest BCUT2D eigenvalue weighted by atomic mass is 10.1. The van der Waals surface area contributed by atoms with E-state index in [4.69, 9.17) is 27.9 Å². The Labute approximate surface area is 245 Å². The molecule has 0 saturated heterocycles. The summed E-state index contributed by atoms with van der Waals surface area (Å²) in [6.45, 7) is 0.0595. The summed E-state index contributed by atoms with van der Waals surface area (Å²) in [5.41, 5.74) is 1.24. The number of ether oxygens (including phenoxy) is 1. The molecule has 5 rings (SSSR count). The van der Waals surface area contributed by atoms with Gasteiger partial charge in [0.05, 0.1) is 44.9 Å². The number of fused-ring (bicyclic) bond motifs is 1. The van der Waals surface area contributed by atoms with E-state index < -0.39 is 34.8 Å². The van der Waals surface area contributed by atoms with Crippen LogP contribution < -0.4 is 9.46 Å². The molecule has 3 aromatic heterocycles. The van der Waals surface area contributed by atoms with Gasteiger partial charge in [-0.15, -0.1) is 22.7 Å². The highest BCUT2D eigenvalue weighted by Crippen LogP contribution is 2.41. The number of halogens is 3. The number of methoxy groups -OCH3 is 1. The van der Waals surface area contributed by atoms with E-state index in [1.165, 1.54) is 23.9 Å². The van der Waals surface area contributed by atoms with Crippen molar-refractivity contribution in [3.8, 4) is 11.8 Å². The minimum Gasteiger partial charge on any atom is -0.496 e. The van der Waals surface area contributed by atoms with Gasteiger partial charge in [-0.1, -0.05) is 35.3 Å². The largest absolute Gasteiger partial charge is 0.496 e. The van der Waals surface area contributed by atoms with E-state index in [2.05, 4.69) is 9.82 Å². The minimum absolute atomic E-state index is 0.00462. The Balaban J connectivity index is 1.63. The van der Waals surface area contributed by atoms with E-state index in [-0.39, 0.29) is 41.9 Å². The van der Waals surface area contributed by atoms with Crippen LogP contribution in [0.25, 0.3) is 10.9 Å². The quantitative estimate of drug-likeness (QED) is 0.211. The third-order valence-corrected chi connectivity index (χ3v) is 12.5. The number of hydrogen-bond donors (Lipinski definition) is 1. The molecule has 0 fully saturated rings. The van der Waals surface area contributed by atoms with Crippen molar-refractivity contribution < 1.29 is 26.0 Å². The number of rotatable bonds is 8. The first-order valence-corrected chi connectivity index (χ1v) is 16.3. The van der Waals surface area contributed by atoms with Crippen molar-refractivity contribution >= 4 is 82.5 Å². The summed E-state index contributed by atoms with van der Waals surface area (Å²) in [6.07, 6.45) is 0. The van der Waals surface area contributed by atoms with Crippen LogP contribution in [-0.2, 0) is 26.4 Å². The number of sulfonamides is 1. The first-order chi connectivity index (χ1) is 18.9. The summed E-state index contributed by atoms with van der Waals surface area (Å²) >= 11 is 13.3. The zero-order valence-corrected chi connectivity index (χ0v) is 24.8. The topological polar surface area (TPSA) is 131 Å². The molecule has 5 aromatic rings. The van der Waals surface area contributed by atoms with Gasteiger partial charge in [0.2, 0.25) is 9.84 Å². The molecule has 2 aromatic carbocycles. The minimum atomic E-state index is -4.60. The van der Waals surface area contributed by atoms with Crippen molar-refractivity contribution in [2.24, 2.45) is 0 Å². The lowest BCUT2D eigenvalue weighted by Crippen LogP contribution is -2.15. The normalized spacial score (nSPS) is 12.0. The molecule has 3 heterocycles. The maximum atomic E-state index is 14.5. The van der Waals surface area contributed by atoms with Crippen LogP contribution in [0.5, 0.6) is 5.75 Å². The molecule has 40 heavy (non-hydrogen) atoms. The van der Waals surface area contributed by atoms with Crippen molar-refractivity contribution in [2.45, 2.75) is 19.9 Å². The number of nitriles is 1. The lowest BCUT2D eigenvalue weighted by Gasteiger charge is -2.08. The molecule has 0 aliphatic carbocycles. The highest BCUT2D eigenvalue weighted by atomic mass is 35.5. The van der Waals surface area contributed by atoms with Crippen molar-refractivity contribution in [3.05, 3.63) is 80.2 Å². The molecule has 0 spiro atoms. The molecule has 0 atom stereocenters. The number of sulfone groups is 1. The third-order valence-electron chi connectivity index (χ3n) is 5.60. The average molecular weight is 658 g/mol. The molecule has 0 aliphatic rings. The van der Waals surface area contributed by atoms with Gasteiger partial charge < -0.3 is 4.74 Å². The highest BCUT2D eigenvalue weighted by molar-refractivity contribution is 7.97. The lowest BCUT2D eigenvalue weighted by molar-refractivity contribution is 0.416. The number of thiophene rings is 2. The van der Waals surface area contributed by atoms with Crippen LogP contribution in [0.4, 0.5) is 10.2 Å². The Morgan fingerprint density at radius 1 is 1.07 bits per heavy atom. The van der Waals surface area contributed by atoms with E-state index in [1.54, 1.807) is 24.3 Å². The smallest absolute Gasteiger partial charge is 0.274 e. The van der Waals surface area contributed by atoms with Crippen LogP contribution >= 0.6 is 45.9 Å². The van der Waals surface area contributed by atoms with Crippen LogP contribution in [-0.4, -0.2) is 33.7 Å². The summed E-state index contributed by atoms with van der Waals surface area (Å²) < 4.78 is 76.8. The summed E-state index contributed by atoms with van der Waals surface area (Å²) in [5, 5.41) is 13.7. The molecule has 0 unspecified atom stereocenters. The summed E-state index contributed by atoms with van der Waals surface area (Å²) in [7, 11) is -7.60. The van der Waals surface area contributed by atoms with Crippen LogP contribution in [0.2, 0.25) is 8.67 Å². The maximum Gasteiger partial charge on any atom is 0.274 e. The molecular formula is C24H15Cl2FN4O5S4. The summed E-state index contributed by atoms with van der Waals surface area (Å²) in [5.74, 6) is -0.885. The second kappa shape index (κ2) is 10.7. The van der Waals surface area contributed by atoms with Gasteiger partial charge in [0.25, 0.3) is 10.0 Å². The molecule has 9 nitrogen and oxygen atoms in total. The number of anilines is 1. The van der Waals surface area contributed by atoms with Gasteiger partial charge in [-0.05, 0) is 35.9 Å². The van der Waals surface area contributed by atoms with Crippen molar-refractivity contribution in [2.75, 3.05) is 11.8 Å². The Kier molecular flexibility index (Phi) is 7.55. The van der Waals surface area contributed by atoms with Gasteiger partial charge >= 0.3 is 0 Å². The van der Waals surface area contributed by atoms with Crippen molar-refractivity contribution in [1.29, 1.82) is 5.26 Å². The van der Waals surface area contributed by atoms with Crippen LogP contribution in [0.1, 0.15) is 11.1 Å². The van der Waals surface area contributed by atoms with Gasteiger partial charge in [-0.3, -0.25) is 9.40 Å². The number of benzene rings is 2. The first kappa shape index (κ1) is 28.3. The Morgan fingerprint density at radius 2 is 1.85 bits per heavy atom. The molecular weight excluding hydrogens is 642 g/mol. The second-order valence-electron chi connectivity index (χ2n) is 8.19. The Hall–Kier alpha value is -3.19. The average Bonchev–Trinajstić information content (AvgIpc) is 3.61. The monoisotopic (exact) mass is 656 g/mol. The molecule has 0 bridgehead atoms. The number of nitrogens with one attached hydrogen (secondary N) is 1. The molecule has 0 radical (unpaired) electrons. The third kappa shape index (κ3) is 5.28. The van der Waals surface area contributed by atoms with E-state index in [0.29, 0.717) is 22.5 Å². The standard InChI is InChI=1S/C24H15Cl2FN4O5S4/c1-36-17-9-15(27)8-16-22(17)23(29-31(16)12-14-4-2-3-13(7-14)11-28)30-40(34,35)24-18(10-20(26)38-24)39(32,33)21-6-5-19(25)37-21/h2-10H,12H2,1H3,(H,29,30). The molecule has 0 aliphatic heterocycles. The van der Waals surface area contributed by atoms with Gasteiger partial charge in [0, 0.05) is 12.1 Å². The fourth-order valence-electron chi connectivity index (χ4n) is 3.93. The second-order valence-corrected chi connectivity index (χ2v) is 15.6. The fourth-order valence-corrected chi connectivity index (χ4v) is 10.7. The zero-order valence-electron chi connectivity index (χ0n) is 20.1. The molecule has 0 amide bonds. The van der Waals surface area contributed by atoms with Gasteiger partial charge in [0.1, 0.15) is 20.7 Å². The van der Waals surface area contributed by atoms with Gasteiger partial charge in [-0.2, -0.15) is 10.4 Å². The summed E-state index contributed by atoms with van der Waals surface area (Å²) in [4.78, 5) is -0.524. The highest BCUT2D eigenvalue weighted by Gasteiger charge is 2.33. The van der Waals surface area contributed by atoms with Crippen LogP contribution in [0, 0.1) is 17.1 Å². The van der Waals surface area contributed by atoms with Gasteiger partial charge in [-0.25, -0.2) is 21.2 Å². The molecule has 206 valence electrons. The predicted octanol–water partition coefficient (Wildman–Crippen LogP) is 6.17. The fraction of sp³-hybridized carbons (Fsp3) is 0.0833. The van der Waals surface area contributed by atoms with E-state index >= 15 is 0 Å². The first-order valence-electron chi connectivity index (χ1n) is 11.0. The van der Waals surface area contributed by atoms with E-state index in [9.17, 15) is 26.5 Å². The number of aromatic nitrogens is 2. The van der Waals surface area contributed by atoms with Crippen LogP contribution in [0.3, 0.4) is 0 Å². The van der Waals surface area contributed by atoms with Crippen molar-refractivity contribution in [1.82, 2.24) is 9.78 Å². The molecule has 1 N–H and O–H groups in total. The SMILES string of the molecule is COc1cc(F)cc2c1c(NS(=O)(=O)c1sc(Cl)cc1S(=O)(=O)c1ccc(Cl)s1)nn2Cc1cccc(C#N)c1. The van der Waals surface area contributed by atoms with E-state index in [1.807, 2.05) is 6.07 Å². The summed E-state index contributed by atoms with van der Waals surface area (Å²) in [6, 6.07) is 14.6. The predicted molar refractivity (Wildman–Crippen MR) is 151 cm³/mol. The Morgan fingerprint density at radius 3 is 2.52 bits per heavy atom. The van der Waals surface area contributed by atoms with Crippen molar-refractivity contribution in [3.63, 3.8) is 0 Å². The zero-order chi connectivity index (χ0) is 28.8. The molecule has 16 heteroatoms. The van der Waals surface area contributed by atoms with E-state index in [0.717, 1.165) is 29.5 Å². The number of hydrogen-bond acceptors (Lipinski definition) is 9. The molecule has 0 saturated carbocycles. The van der Waals surface area contributed by atoms with Crippen LogP contribution in [0.15, 0.2) is 67.9 Å².